The third-order valence-corrected chi connectivity index (χ3v) is 3.30. The summed E-state index contributed by atoms with van der Waals surface area (Å²) in [6, 6.07) is 4.53. The molecule has 5 heteroatoms. The monoisotopic (exact) mass is 263 g/mol. The number of nitrogens with zero attached hydrogens (tertiary/aromatic N) is 3. The van der Waals surface area contributed by atoms with Gasteiger partial charge in [-0.15, -0.1) is 0 Å². The number of fused-ring (bicyclic) bond motifs is 1. The number of halogens is 1. The molecule has 0 bridgehead atoms. The van der Waals surface area contributed by atoms with E-state index in [4.69, 9.17) is 0 Å². The second kappa shape index (κ2) is 4.99. The van der Waals surface area contributed by atoms with E-state index in [1.807, 2.05) is 13.8 Å². The second-order valence-corrected chi connectivity index (χ2v) is 4.88. The van der Waals surface area contributed by atoms with E-state index in [1.54, 1.807) is 31.2 Å². The summed E-state index contributed by atoms with van der Waals surface area (Å²) in [5.41, 5.74) is 0.0572. The Kier molecular flexibility index (Phi) is 3.55. The molecular formula is C14H18FN3O. The van der Waals surface area contributed by atoms with Crippen LogP contribution in [-0.4, -0.2) is 23.8 Å². The molecule has 4 nitrogen and oxygen atoms in total. The Morgan fingerprint density at radius 3 is 2.68 bits per heavy atom. The van der Waals surface area contributed by atoms with Gasteiger partial charge in [0.25, 0.3) is 5.56 Å². The molecule has 19 heavy (non-hydrogen) atoms. The van der Waals surface area contributed by atoms with Crippen LogP contribution in [0.3, 0.4) is 0 Å². The van der Waals surface area contributed by atoms with Crippen molar-refractivity contribution in [3.05, 3.63) is 40.2 Å². The fraction of sp³-hybridized carbons (Fsp3) is 0.429. The van der Waals surface area contributed by atoms with E-state index in [-0.39, 0.29) is 16.9 Å². The maximum atomic E-state index is 13.8. The van der Waals surface area contributed by atoms with Crippen LogP contribution in [0.25, 0.3) is 10.9 Å². The van der Waals surface area contributed by atoms with Crippen molar-refractivity contribution in [3.8, 4) is 0 Å². The van der Waals surface area contributed by atoms with Crippen LogP contribution < -0.4 is 10.6 Å². The predicted octanol–water partition coefficient (Wildman–Crippen LogP) is 2.25. The first kappa shape index (κ1) is 13.5. The van der Waals surface area contributed by atoms with Gasteiger partial charge in [-0.25, -0.2) is 14.1 Å². The summed E-state index contributed by atoms with van der Waals surface area (Å²) in [4.78, 5) is 16.9. The summed E-state index contributed by atoms with van der Waals surface area (Å²) < 4.78 is 15.3. The van der Waals surface area contributed by atoms with Crippen LogP contribution in [0.15, 0.2) is 23.0 Å². The lowest BCUT2D eigenvalue weighted by Gasteiger charge is -2.23. The molecule has 1 heterocycles. The highest BCUT2D eigenvalue weighted by Crippen LogP contribution is 2.19. The van der Waals surface area contributed by atoms with Crippen molar-refractivity contribution in [2.24, 2.45) is 0 Å². The van der Waals surface area contributed by atoms with Gasteiger partial charge in [-0.2, -0.15) is 0 Å². The molecule has 0 saturated carbocycles. The van der Waals surface area contributed by atoms with Crippen LogP contribution in [0.2, 0.25) is 0 Å². The number of hydrogen-bond donors (Lipinski definition) is 0. The van der Waals surface area contributed by atoms with Crippen LogP contribution in [-0.2, 0) is 0 Å². The molecule has 2 aromatic rings. The minimum absolute atomic E-state index is 0.0447. The molecule has 1 aromatic heterocycles. The summed E-state index contributed by atoms with van der Waals surface area (Å²) in [6.07, 6.45) is 0.862. The van der Waals surface area contributed by atoms with E-state index >= 15 is 0 Å². The molecule has 0 aliphatic rings. The van der Waals surface area contributed by atoms with Crippen molar-refractivity contribution in [3.63, 3.8) is 0 Å². The molecule has 0 spiro atoms. The number of hydrogen-bond acceptors (Lipinski definition) is 3. The van der Waals surface area contributed by atoms with E-state index in [2.05, 4.69) is 4.98 Å². The second-order valence-electron chi connectivity index (χ2n) is 4.88. The maximum Gasteiger partial charge on any atom is 0.283 e. The zero-order chi connectivity index (χ0) is 14.2. The number of rotatable bonds is 3. The molecule has 0 aliphatic heterocycles. The van der Waals surface area contributed by atoms with Gasteiger partial charge in [0.05, 0.1) is 5.52 Å². The Bertz CT molecular complexity index is 664. The molecule has 2 rings (SSSR count). The minimum atomic E-state index is -0.527. The normalized spacial score (nSPS) is 12.7. The highest BCUT2D eigenvalue weighted by Gasteiger charge is 2.18. The van der Waals surface area contributed by atoms with Gasteiger partial charge in [-0.05, 0) is 18.6 Å². The molecule has 102 valence electrons. The standard InChI is InChI=1S/C14H18FN3O/c1-5-9(2)13-16-11-8-6-7-10(15)12(11)14(19)18(13)17(3)4/h6-9H,5H2,1-4H3. The highest BCUT2D eigenvalue weighted by atomic mass is 19.1. The number of aromatic nitrogens is 2. The molecule has 0 amide bonds. The summed E-state index contributed by atoms with van der Waals surface area (Å²) in [6.45, 7) is 4.04. The van der Waals surface area contributed by atoms with Crippen molar-refractivity contribution >= 4 is 10.9 Å². The molecule has 0 aliphatic carbocycles. The molecular weight excluding hydrogens is 245 g/mol. The van der Waals surface area contributed by atoms with Crippen molar-refractivity contribution in [1.29, 1.82) is 0 Å². The summed E-state index contributed by atoms with van der Waals surface area (Å²) in [5, 5.41) is 1.69. The van der Waals surface area contributed by atoms with Gasteiger partial charge in [0, 0.05) is 20.0 Å². The number of benzene rings is 1. The van der Waals surface area contributed by atoms with E-state index in [1.165, 1.54) is 10.7 Å². The average molecular weight is 263 g/mol. The molecule has 1 aromatic carbocycles. The van der Waals surface area contributed by atoms with Crippen LogP contribution in [0.1, 0.15) is 32.0 Å². The highest BCUT2D eigenvalue weighted by molar-refractivity contribution is 5.78. The molecule has 0 saturated heterocycles. The topological polar surface area (TPSA) is 38.1 Å². The summed E-state index contributed by atoms with van der Waals surface area (Å²) in [5.74, 6) is 0.264. The van der Waals surface area contributed by atoms with Crippen molar-refractivity contribution in [2.45, 2.75) is 26.2 Å². The molecule has 1 unspecified atom stereocenters. The first-order valence-corrected chi connectivity index (χ1v) is 6.36. The van der Waals surface area contributed by atoms with Crippen LogP contribution in [0.5, 0.6) is 0 Å². The van der Waals surface area contributed by atoms with Gasteiger partial charge in [0.1, 0.15) is 17.0 Å². The molecule has 0 radical (unpaired) electrons. The van der Waals surface area contributed by atoms with Crippen molar-refractivity contribution in [1.82, 2.24) is 9.66 Å². The van der Waals surface area contributed by atoms with Crippen LogP contribution >= 0.6 is 0 Å². The summed E-state index contributed by atoms with van der Waals surface area (Å²) >= 11 is 0. The average Bonchev–Trinajstić information content (AvgIpc) is 2.36. The van der Waals surface area contributed by atoms with Gasteiger partial charge in [0.15, 0.2) is 0 Å². The third-order valence-electron chi connectivity index (χ3n) is 3.30. The fourth-order valence-electron chi connectivity index (χ4n) is 2.09. The van der Waals surface area contributed by atoms with Crippen molar-refractivity contribution in [2.75, 3.05) is 19.1 Å². The third kappa shape index (κ3) is 2.20. The first-order valence-electron chi connectivity index (χ1n) is 6.36. The van der Waals surface area contributed by atoms with Crippen molar-refractivity contribution < 1.29 is 4.39 Å². The van der Waals surface area contributed by atoms with E-state index in [0.717, 1.165) is 6.42 Å². The van der Waals surface area contributed by atoms with Gasteiger partial charge in [0.2, 0.25) is 0 Å². The van der Waals surface area contributed by atoms with Gasteiger partial charge < -0.3 is 5.01 Å². The smallest absolute Gasteiger partial charge is 0.283 e. The lowest BCUT2D eigenvalue weighted by atomic mass is 10.1. The maximum absolute atomic E-state index is 13.8. The largest absolute Gasteiger partial charge is 0.315 e. The lowest BCUT2D eigenvalue weighted by molar-refractivity contribution is 0.568. The Morgan fingerprint density at radius 2 is 2.11 bits per heavy atom. The fourth-order valence-corrected chi connectivity index (χ4v) is 2.09. The Labute approximate surface area is 111 Å². The molecule has 0 N–H and O–H groups in total. The van der Waals surface area contributed by atoms with Gasteiger partial charge in [-0.3, -0.25) is 4.79 Å². The van der Waals surface area contributed by atoms with Gasteiger partial charge >= 0.3 is 0 Å². The zero-order valence-electron chi connectivity index (χ0n) is 11.6. The molecule has 1 atom stereocenters. The van der Waals surface area contributed by atoms with E-state index < -0.39 is 5.82 Å². The molecule has 0 fully saturated rings. The van der Waals surface area contributed by atoms with E-state index in [0.29, 0.717) is 11.3 Å². The SMILES string of the molecule is CCC(C)c1nc2cccc(F)c2c(=O)n1N(C)C. The quantitative estimate of drug-likeness (QED) is 0.852. The zero-order valence-corrected chi connectivity index (χ0v) is 11.6. The first-order chi connectivity index (χ1) is 8.97. The lowest BCUT2D eigenvalue weighted by Crippen LogP contribution is -2.40. The Hall–Kier alpha value is -1.91. The predicted molar refractivity (Wildman–Crippen MR) is 74.7 cm³/mol. The van der Waals surface area contributed by atoms with Crippen LogP contribution in [0, 0.1) is 5.82 Å². The minimum Gasteiger partial charge on any atom is -0.315 e. The Balaban J connectivity index is 2.90. The summed E-state index contributed by atoms with van der Waals surface area (Å²) in [7, 11) is 3.50. The van der Waals surface area contributed by atoms with Gasteiger partial charge in [-0.1, -0.05) is 19.9 Å². The van der Waals surface area contributed by atoms with Crippen LogP contribution in [0.4, 0.5) is 4.39 Å². The van der Waals surface area contributed by atoms with E-state index in [9.17, 15) is 9.18 Å². The Morgan fingerprint density at radius 1 is 1.42 bits per heavy atom.